The summed E-state index contributed by atoms with van der Waals surface area (Å²) in [6.07, 6.45) is 8.57. The molecule has 0 N–H and O–H groups in total. The highest BCUT2D eigenvalue weighted by atomic mass is 16.5. The first-order valence-corrected chi connectivity index (χ1v) is 9.46. The van der Waals surface area contributed by atoms with Gasteiger partial charge in [0.15, 0.2) is 0 Å². The summed E-state index contributed by atoms with van der Waals surface area (Å²) in [7, 11) is 2.21. The standard InChI is InChI=1S/C20H35NO2/c1-5-11-20(12-7-6-8-13-20)23-19-10-9-14-21(4)18(19)16-22-15-17(2)3/h17-19H,6-10,12-16H2,1-4H3. The number of piperidine rings is 1. The van der Waals surface area contributed by atoms with Crippen LogP contribution in [-0.4, -0.2) is 49.5 Å². The number of likely N-dealkylation sites (N-methyl/N-ethyl adjacent to an activating group) is 1. The van der Waals surface area contributed by atoms with E-state index in [1.807, 2.05) is 6.92 Å². The van der Waals surface area contributed by atoms with Gasteiger partial charge in [-0.05, 0) is 65.0 Å². The number of hydrogen-bond donors (Lipinski definition) is 0. The Kier molecular flexibility index (Phi) is 7.40. The van der Waals surface area contributed by atoms with Crippen molar-refractivity contribution >= 4 is 0 Å². The van der Waals surface area contributed by atoms with Crippen molar-refractivity contribution in [3.63, 3.8) is 0 Å². The van der Waals surface area contributed by atoms with E-state index in [1.54, 1.807) is 0 Å². The van der Waals surface area contributed by atoms with Gasteiger partial charge in [0, 0.05) is 6.61 Å². The van der Waals surface area contributed by atoms with Gasteiger partial charge in [-0.1, -0.05) is 26.2 Å². The van der Waals surface area contributed by atoms with Gasteiger partial charge in [0.25, 0.3) is 0 Å². The molecule has 0 spiro atoms. The Bertz CT molecular complexity index is 404. The quantitative estimate of drug-likeness (QED) is 0.693. The second-order valence-corrected chi connectivity index (χ2v) is 7.71. The third-order valence-electron chi connectivity index (χ3n) is 5.13. The van der Waals surface area contributed by atoms with Crippen LogP contribution in [0.25, 0.3) is 0 Å². The monoisotopic (exact) mass is 321 g/mol. The van der Waals surface area contributed by atoms with E-state index in [4.69, 9.17) is 9.47 Å². The molecule has 1 aliphatic heterocycles. The van der Waals surface area contributed by atoms with E-state index in [1.165, 1.54) is 25.7 Å². The fourth-order valence-corrected chi connectivity index (χ4v) is 3.89. The van der Waals surface area contributed by atoms with Crippen molar-refractivity contribution in [3.05, 3.63) is 0 Å². The minimum atomic E-state index is -0.202. The molecule has 2 unspecified atom stereocenters. The van der Waals surface area contributed by atoms with Crippen LogP contribution in [0.15, 0.2) is 0 Å². The van der Waals surface area contributed by atoms with Crippen molar-refractivity contribution in [1.82, 2.24) is 4.90 Å². The van der Waals surface area contributed by atoms with Crippen molar-refractivity contribution in [2.24, 2.45) is 5.92 Å². The van der Waals surface area contributed by atoms with Gasteiger partial charge >= 0.3 is 0 Å². The largest absolute Gasteiger partial charge is 0.379 e. The summed E-state index contributed by atoms with van der Waals surface area (Å²) in [5.74, 6) is 7.14. The van der Waals surface area contributed by atoms with Gasteiger partial charge in [-0.3, -0.25) is 4.90 Å². The van der Waals surface area contributed by atoms with Crippen molar-refractivity contribution < 1.29 is 9.47 Å². The molecular weight excluding hydrogens is 286 g/mol. The Morgan fingerprint density at radius 2 is 1.91 bits per heavy atom. The molecule has 2 rings (SSSR count). The topological polar surface area (TPSA) is 21.7 Å². The number of rotatable bonds is 6. The van der Waals surface area contributed by atoms with Crippen LogP contribution in [-0.2, 0) is 9.47 Å². The lowest BCUT2D eigenvalue weighted by molar-refractivity contribution is -0.132. The lowest BCUT2D eigenvalue weighted by Crippen LogP contribution is -2.53. The van der Waals surface area contributed by atoms with Gasteiger partial charge in [-0.2, -0.15) is 0 Å². The van der Waals surface area contributed by atoms with Crippen molar-refractivity contribution in [2.45, 2.75) is 83.5 Å². The van der Waals surface area contributed by atoms with Crippen LogP contribution in [0.2, 0.25) is 0 Å². The molecule has 2 aliphatic rings. The third-order valence-corrected chi connectivity index (χ3v) is 5.13. The Morgan fingerprint density at radius 1 is 1.17 bits per heavy atom. The zero-order valence-electron chi connectivity index (χ0n) is 15.6. The maximum atomic E-state index is 6.71. The highest BCUT2D eigenvalue weighted by Gasteiger charge is 2.39. The Balaban J connectivity index is 2.01. The summed E-state index contributed by atoms with van der Waals surface area (Å²) >= 11 is 0. The van der Waals surface area contributed by atoms with Crippen molar-refractivity contribution in [2.75, 3.05) is 26.8 Å². The third kappa shape index (κ3) is 5.48. The van der Waals surface area contributed by atoms with Crippen LogP contribution in [0, 0.1) is 17.8 Å². The van der Waals surface area contributed by atoms with E-state index in [9.17, 15) is 0 Å². The summed E-state index contributed by atoms with van der Waals surface area (Å²) in [5.41, 5.74) is -0.202. The maximum Gasteiger partial charge on any atom is 0.129 e. The predicted molar refractivity (Wildman–Crippen MR) is 95.4 cm³/mol. The summed E-state index contributed by atoms with van der Waals surface area (Å²) in [4.78, 5) is 2.42. The zero-order valence-corrected chi connectivity index (χ0v) is 15.6. The summed E-state index contributed by atoms with van der Waals surface area (Å²) in [6, 6.07) is 0.361. The van der Waals surface area contributed by atoms with Crippen LogP contribution < -0.4 is 0 Å². The molecule has 0 aromatic rings. The van der Waals surface area contributed by atoms with Gasteiger partial charge in [0.2, 0.25) is 0 Å². The second-order valence-electron chi connectivity index (χ2n) is 7.71. The molecule has 23 heavy (non-hydrogen) atoms. The SMILES string of the molecule is CC#CC1(OC2CCCN(C)C2COCC(C)C)CCCCC1. The number of hydrogen-bond acceptors (Lipinski definition) is 3. The molecular formula is C20H35NO2. The van der Waals surface area contributed by atoms with E-state index in [0.29, 0.717) is 12.0 Å². The number of ether oxygens (including phenoxy) is 2. The molecule has 3 heteroatoms. The highest BCUT2D eigenvalue weighted by molar-refractivity contribution is 5.15. The number of likely N-dealkylation sites (tertiary alicyclic amines) is 1. The van der Waals surface area contributed by atoms with Gasteiger partial charge in [0.1, 0.15) is 5.60 Å². The Labute approximate surface area is 143 Å². The van der Waals surface area contributed by atoms with Crippen LogP contribution in [0.3, 0.4) is 0 Å². The van der Waals surface area contributed by atoms with Crippen LogP contribution in [0.5, 0.6) is 0 Å². The molecule has 132 valence electrons. The number of nitrogens with zero attached hydrogens (tertiary/aromatic N) is 1. The lowest BCUT2D eigenvalue weighted by atomic mass is 9.84. The van der Waals surface area contributed by atoms with Crippen molar-refractivity contribution in [3.8, 4) is 11.8 Å². The van der Waals surface area contributed by atoms with E-state index in [2.05, 4.69) is 37.6 Å². The van der Waals surface area contributed by atoms with Crippen LogP contribution in [0.1, 0.15) is 65.7 Å². The molecule has 1 saturated carbocycles. The van der Waals surface area contributed by atoms with Gasteiger partial charge in [0.05, 0.1) is 18.8 Å². The fraction of sp³-hybridized carbons (Fsp3) is 0.900. The molecule has 2 fully saturated rings. The minimum absolute atomic E-state index is 0.202. The first-order valence-electron chi connectivity index (χ1n) is 9.46. The van der Waals surface area contributed by atoms with Crippen molar-refractivity contribution in [1.29, 1.82) is 0 Å². The molecule has 2 atom stereocenters. The molecule has 0 amide bonds. The second kappa shape index (κ2) is 9.06. The van der Waals surface area contributed by atoms with Crippen LogP contribution in [0.4, 0.5) is 0 Å². The average Bonchev–Trinajstić information content (AvgIpc) is 2.51. The maximum absolute atomic E-state index is 6.71. The van der Waals surface area contributed by atoms with Gasteiger partial charge in [-0.25, -0.2) is 0 Å². The minimum Gasteiger partial charge on any atom is -0.379 e. The van der Waals surface area contributed by atoms with E-state index < -0.39 is 0 Å². The molecule has 3 nitrogen and oxygen atoms in total. The average molecular weight is 322 g/mol. The first kappa shape index (κ1) is 18.8. The van der Waals surface area contributed by atoms with E-state index in [0.717, 1.165) is 39.0 Å². The zero-order chi connectivity index (χ0) is 16.7. The fourth-order valence-electron chi connectivity index (χ4n) is 3.89. The van der Waals surface area contributed by atoms with E-state index >= 15 is 0 Å². The highest BCUT2D eigenvalue weighted by Crippen LogP contribution is 2.35. The molecule has 1 saturated heterocycles. The molecule has 1 aliphatic carbocycles. The smallest absolute Gasteiger partial charge is 0.129 e. The van der Waals surface area contributed by atoms with E-state index in [-0.39, 0.29) is 11.7 Å². The molecule has 0 radical (unpaired) electrons. The summed E-state index contributed by atoms with van der Waals surface area (Å²) in [5, 5.41) is 0. The molecule has 0 aromatic carbocycles. The molecule has 1 heterocycles. The summed E-state index contributed by atoms with van der Waals surface area (Å²) in [6.45, 7) is 9.09. The summed E-state index contributed by atoms with van der Waals surface area (Å²) < 4.78 is 12.7. The molecule has 0 aromatic heterocycles. The normalized spacial score (nSPS) is 28.4. The van der Waals surface area contributed by atoms with Gasteiger partial charge in [-0.15, -0.1) is 5.92 Å². The first-order chi connectivity index (χ1) is 11.1. The predicted octanol–water partition coefficient (Wildman–Crippen LogP) is 3.86. The van der Waals surface area contributed by atoms with Crippen LogP contribution >= 0.6 is 0 Å². The Hall–Kier alpha value is -0.560. The van der Waals surface area contributed by atoms with Gasteiger partial charge < -0.3 is 9.47 Å². The lowest BCUT2D eigenvalue weighted by Gasteiger charge is -2.44. The molecule has 0 bridgehead atoms. The Morgan fingerprint density at radius 3 is 2.57 bits per heavy atom.